The second-order valence-corrected chi connectivity index (χ2v) is 2.34. The molecule has 0 atom stereocenters. The highest BCUT2D eigenvalue weighted by Gasteiger charge is 1.90. The van der Waals surface area contributed by atoms with Crippen molar-refractivity contribution in [1.82, 2.24) is 0 Å². The highest BCUT2D eigenvalue weighted by atomic mass is 14.0. The number of rotatable bonds is 3. The summed E-state index contributed by atoms with van der Waals surface area (Å²) >= 11 is 0. The van der Waals surface area contributed by atoms with Crippen molar-refractivity contribution in [1.29, 1.82) is 0 Å². The average Bonchev–Trinajstić information content (AvgIpc) is 1.66. The first kappa shape index (κ1) is 7.56. The Hall–Kier alpha value is -0.440. The molecule has 0 aliphatic rings. The van der Waals surface area contributed by atoms with Crippen LogP contribution in [0.1, 0.15) is 26.7 Å². The van der Waals surface area contributed by atoms with Crippen molar-refractivity contribution < 1.29 is 0 Å². The Bertz CT molecular complexity index is 74.5. The van der Waals surface area contributed by atoms with E-state index in [1.165, 1.54) is 6.42 Å². The predicted octanol–water partition coefficient (Wildman–Crippen LogP) is 2.26. The summed E-state index contributed by atoms with van der Waals surface area (Å²) in [6.07, 6.45) is 9.16. The van der Waals surface area contributed by atoms with Gasteiger partial charge in [0.15, 0.2) is 0 Å². The van der Waals surface area contributed by atoms with Crippen molar-refractivity contribution in [2.24, 2.45) is 5.92 Å². The Kier molecular flexibility index (Phi) is 4.45. The highest BCUT2D eigenvalue weighted by Crippen LogP contribution is 2.03. The Morgan fingerprint density at radius 3 is 2.62 bits per heavy atom. The van der Waals surface area contributed by atoms with Crippen molar-refractivity contribution in [3.8, 4) is 12.3 Å². The van der Waals surface area contributed by atoms with E-state index in [1.807, 2.05) is 6.42 Å². The third-order valence-corrected chi connectivity index (χ3v) is 1.01. The van der Waals surface area contributed by atoms with Crippen LogP contribution in [0.2, 0.25) is 0 Å². The molecule has 0 fully saturated rings. The number of unbranched alkanes of at least 4 members (excludes halogenated alkanes) is 1. The minimum atomic E-state index is 0.777. The van der Waals surface area contributed by atoms with E-state index in [2.05, 4.69) is 19.8 Å². The smallest absolute Gasteiger partial charge is 0.0337 e. The summed E-state index contributed by atoms with van der Waals surface area (Å²) in [6.45, 7) is 4.40. The van der Waals surface area contributed by atoms with Gasteiger partial charge in [0, 0.05) is 6.42 Å². The molecule has 0 spiro atoms. The molecule has 0 aliphatic carbocycles. The molecule has 0 amide bonds. The quantitative estimate of drug-likeness (QED) is 0.385. The van der Waals surface area contributed by atoms with Gasteiger partial charge in [0.1, 0.15) is 0 Å². The molecule has 0 aromatic rings. The van der Waals surface area contributed by atoms with Crippen LogP contribution in [-0.2, 0) is 0 Å². The Labute approximate surface area is 52.3 Å². The van der Waals surface area contributed by atoms with Gasteiger partial charge in [-0.05, 0) is 18.8 Å². The summed E-state index contributed by atoms with van der Waals surface area (Å²) in [5.41, 5.74) is 0. The normalized spacial score (nSPS) is 9.25. The third-order valence-electron chi connectivity index (χ3n) is 1.01. The summed E-state index contributed by atoms with van der Waals surface area (Å²) in [7, 11) is 0. The molecule has 0 nitrogen and oxygen atoms in total. The zero-order valence-electron chi connectivity index (χ0n) is 5.65. The first-order chi connectivity index (χ1) is 3.77. The lowest BCUT2D eigenvalue weighted by Gasteiger charge is -1.98. The van der Waals surface area contributed by atoms with Crippen LogP contribution >= 0.6 is 0 Å². The van der Waals surface area contributed by atoms with E-state index in [9.17, 15) is 0 Å². The van der Waals surface area contributed by atoms with Gasteiger partial charge in [0.25, 0.3) is 0 Å². The lowest BCUT2D eigenvalue weighted by Crippen LogP contribution is -1.85. The molecule has 45 valence electrons. The van der Waals surface area contributed by atoms with Crippen LogP contribution < -0.4 is 0 Å². The highest BCUT2D eigenvalue weighted by molar-refractivity contribution is 5.00. The van der Waals surface area contributed by atoms with E-state index >= 15 is 0 Å². The van der Waals surface area contributed by atoms with E-state index in [4.69, 9.17) is 6.42 Å². The zero-order valence-corrected chi connectivity index (χ0v) is 5.65. The number of hydrogen-bond acceptors (Lipinski definition) is 0. The van der Waals surface area contributed by atoms with Crippen molar-refractivity contribution in [3.05, 3.63) is 6.42 Å². The van der Waals surface area contributed by atoms with Gasteiger partial charge in [-0.3, -0.25) is 0 Å². The van der Waals surface area contributed by atoms with Crippen LogP contribution in [-0.4, -0.2) is 0 Å². The Balaban J connectivity index is 2.85. The fourth-order valence-electron chi connectivity index (χ4n) is 0.500. The predicted molar refractivity (Wildman–Crippen MR) is 37.2 cm³/mol. The molecule has 0 heterocycles. The summed E-state index contributed by atoms with van der Waals surface area (Å²) < 4.78 is 0. The van der Waals surface area contributed by atoms with E-state index in [0.717, 1.165) is 12.3 Å². The molecule has 0 saturated carbocycles. The summed E-state index contributed by atoms with van der Waals surface area (Å²) in [5.74, 6) is 3.28. The minimum absolute atomic E-state index is 0.777. The zero-order chi connectivity index (χ0) is 6.41. The van der Waals surface area contributed by atoms with Crippen molar-refractivity contribution in [2.75, 3.05) is 0 Å². The van der Waals surface area contributed by atoms with Gasteiger partial charge in [0.2, 0.25) is 0 Å². The summed E-state index contributed by atoms with van der Waals surface area (Å²) in [5, 5.41) is 0. The Morgan fingerprint density at radius 1 is 1.62 bits per heavy atom. The van der Waals surface area contributed by atoms with E-state index in [1.54, 1.807) is 0 Å². The maximum Gasteiger partial charge on any atom is 0.0337 e. The molecular formula is C8H13. The molecule has 8 heavy (non-hydrogen) atoms. The van der Waals surface area contributed by atoms with Crippen molar-refractivity contribution >= 4 is 0 Å². The van der Waals surface area contributed by atoms with Crippen LogP contribution in [0.5, 0.6) is 0 Å². The second kappa shape index (κ2) is 4.71. The molecular weight excluding hydrogens is 96.1 g/mol. The maximum absolute atomic E-state index is 5.01. The van der Waals surface area contributed by atoms with Crippen LogP contribution in [0.4, 0.5) is 0 Å². The van der Waals surface area contributed by atoms with Gasteiger partial charge in [-0.2, -0.15) is 0 Å². The lowest BCUT2D eigenvalue weighted by atomic mass is 10.1. The van der Waals surface area contributed by atoms with Crippen LogP contribution in [0.15, 0.2) is 0 Å². The molecule has 0 N–H and O–H groups in total. The number of terminal acetylenes is 1. The second-order valence-electron chi connectivity index (χ2n) is 2.34. The summed E-state index contributed by atoms with van der Waals surface area (Å²) in [4.78, 5) is 0. The van der Waals surface area contributed by atoms with Gasteiger partial charge in [-0.1, -0.05) is 13.8 Å². The first-order valence-electron chi connectivity index (χ1n) is 3.05. The average molecular weight is 109 g/mol. The van der Waals surface area contributed by atoms with Gasteiger partial charge < -0.3 is 0 Å². The molecule has 0 rings (SSSR count). The van der Waals surface area contributed by atoms with Gasteiger partial charge in [-0.25, -0.2) is 0 Å². The lowest BCUT2D eigenvalue weighted by molar-refractivity contribution is 0.587. The van der Waals surface area contributed by atoms with Gasteiger partial charge in [0.05, 0.1) is 0 Å². The largest absolute Gasteiger partial charge is 0.120 e. The molecule has 0 bridgehead atoms. The van der Waals surface area contributed by atoms with E-state index in [0.29, 0.717) is 0 Å². The standard InChI is InChI=1S/C8H13/c1-4-5-6-7-8(2)3/h1,5,8H,6-7H2,2-3H3. The third kappa shape index (κ3) is 5.56. The molecule has 0 aromatic carbocycles. The van der Waals surface area contributed by atoms with E-state index < -0.39 is 0 Å². The van der Waals surface area contributed by atoms with Crippen LogP contribution in [0.3, 0.4) is 0 Å². The van der Waals surface area contributed by atoms with Gasteiger partial charge in [-0.15, -0.1) is 12.3 Å². The monoisotopic (exact) mass is 109 g/mol. The fraction of sp³-hybridized carbons (Fsp3) is 0.625. The first-order valence-corrected chi connectivity index (χ1v) is 3.05. The minimum Gasteiger partial charge on any atom is -0.120 e. The molecule has 0 heteroatoms. The molecule has 0 aromatic heterocycles. The van der Waals surface area contributed by atoms with Crippen molar-refractivity contribution in [3.63, 3.8) is 0 Å². The SMILES string of the molecule is C#C[CH]CCC(C)C. The number of hydrogen-bond donors (Lipinski definition) is 0. The Morgan fingerprint density at radius 2 is 2.25 bits per heavy atom. The van der Waals surface area contributed by atoms with Crippen LogP contribution in [0, 0.1) is 24.7 Å². The summed E-state index contributed by atoms with van der Waals surface area (Å²) in [6, 6.07) is 0. The molecule has 0 saturated heterocycles. The maximum atomic E-state index is 5.01. The van der Waals surface area contributed by atoms with Crippen molar-refractivity contribution in [2.45, 2.75) is 26.7 Å². The van der Waals surface area contributed by atoms with Gasteiger partial charge >= 0.3 is 0 Å². The molecule has 0 unspecified atom stereocenters. The van der Waals surface area contributed by atoms with Crippen LogP contribution in [0.25, 0.3) is 0 Å². The molecule has 0 aliphatic heterocycles. The van der Waals surface area contributed by atoms with E-state index in [-0.39, 0.29) is 0 Å². The molecule has 1 radical (unpaired) electrons. The fourth-order valence-corrected chi connectivity index (χ4v) is 0.500. The topological polar surface area (TPSA) is 0 Å².